The highest BCUT2D eigenvalue weighted by atomic mass is 32.2. The summed E-state index contributed by atoms with van der Waals surface area (Å²) in [6.07, 6.45) is 1.43. The van der Waals surface area contributed by atoms with Crippen molar-refractivity contribution in [2.24, 2.45) is 5.92 Å². The van der Waals surface area contributed by atoms with Crippen molar-refractivity contribution in [2.45, 2.75) is 31.1 Å². The molecule has 2 aromatic rings. The topological polar surface area (TPSA) is 119 Å². The molecule has 0 bridgehead atoms. The maximum atomic E-state index is 12.6. The Hall–Kier alpha value is -2.11. The van der Waals surface area contributed by atoms with Gasteiger partial charge in [-0.1, -0.05) is 6.07 Å². The Bertz CT molecular complexity index is 959. The summed E-state index contributed by atoms with van der Waals surface area (Å²) in [5.41, 5.74) is 0.835. The molecule has 1 aliphatic rings. The molecule has 9 nitrogen and oxygen atoms in total. The van der Waals surface area contributed by atoms with Gasteiger partial charge in [0.05, 0.1) is 24.3 Å². The summed E-state index contributed by atoms with van der Waals surface area (Å²) in [4.78, 5) is 26.0. The Morgan fingerprint density at radius 3 is 2.96 bits per heavy atom. The van der Waals surface area contributed by atoms with Crippen LogP contribution in [-0.2, 0) is 24.3 Å². The predicted molar refractivity (Wildman–Crippen MR) is 103 cm³/mol. The third kappa shape index (κ3) is 4.65. The molecule has 1 amide bonds. The van der Waals surface area contributed by atoms with E-state index in [0.29, 0.717) is 37.2 Å². The number of fused-ring (bicyclic) bond motifs is 1. The van der Waals surface area contributed by atoms with Crippen molar-refractivity contribution in [1.82, 2.24) is 18.4 Å². The van der Waals surface area contributed by atoms with Gasteiger partial charge in [-0.2, -0.15) is 8.75 Å². The van der Waals surface area contributed by atoms with Crippen LogP contribution in [-0.4, -0.2) is 60.2 Å². The molecule has 0 aliphatic carbocycles. The van der Waals surface area contributed by atoms with Crippen LogP contribution in [0.4, 0.5) is 0 Å². The number of aromatic nitrogens is 2. The molecule has 1 aliphatic heterocycles. The Morgan fingerprint density at radius 2 is 2.18 bits per heavy atom. The van der Waals surface area contributed by atoms with Crippen molar-refractivity contribution in [3.05, 3.63) is 18.2 Å². The lowest BCUT2D eigenvalue weighted by Gasteiger charge is -2.31. The second-order valence-corrected chi connectivity index (χ2v) is 8.73. The summed E-state index contributed by atoms with van der Waals surface area (Å²) in [7, 11) is -3.81. The minimum Gasteiger partial charge on any atom is -0.466 e. The fourth-order valence-corrected chi connectivity index (χ4v) is 4.98. The third-order valence-electron chi connectivity index (χ3n) is 4.56. The fourth-order valence-electron chi connectivity index (χ4n) is 3.18. The van der Waals surface area contributed by atoms with Gasteiger partial charge in [-0.3, -0.25) is 9.59 Å². The quantitative estimate of drug-likeness (QED) is 0.660. The summed E-state index contributed by atoms with van der Waals surface area (Å²) < 4.78 is 40.7. The van der Waals surface area contributed by atoms with Gasteiger partial charge in [0.25, 0.3) is 0 Å². The van der Waals surface area contributed by atoms with Crippen molar-refractivity contribution in [1.29, 1.82) is 0 Å². The molecule has 1 N–H and O–H groups in total. The number of likely N-dealkylation sites (tertiary alicyclic amines) is 1. The molecule has 1 fully saturated rings. The lowest BCUT2D eigenvalue weighted by Crippen LogP contribution is -2.43. The van der Waals surface area contributed by atoms with E-state index in [2.05, 4.69) is 13.5 Å². The van der Waals surface area contributed by atoms with E-state index in [0.717, 1.165) is 18.1 Å². The van der Waals surface area contributed by atoms with Gasteiger partial charge < -0.3 is 9.64 Å². The Kier molecular flexibility index (Phi) is 6.57. The maximum absolute atomic E-state index is 12.6. The zero-order valence-electron chi connectivity index (χ0n) is 15.5. The highest BCUT2D eigenvalue weighted by molar-refractivity contribution is 7.89. The van der Waals surface area contributed by atoms with Crippen LogP contribution in [0.15, 0.2) is 23.1 Å². The Morgan fingerprint density at radius 1 is 1.36 bits per heavy atom. The normalized spacial score (nSPS) is 17.6. The number of piperidine rings is 1. The van der Waals surface area contributed by atoms with E-state index in [9.17, 15) is 18.0 Å². The van der Waals surface area contributed by atoms with E-state index in [4.69, 9.17) is 4.74 Å². The molecule has 1 aromatic heterocycles. The second kappa shape index (κ2) is 8.93. The fraction of sp³-hybridized carbons (Fsp3) is 0.529. The number of ether oxygens (including phenoxy) is 1. The van der Waals surface area contributed by atoms with Crippen molar-refractivity contribution in [3.63, 3.8) is 0 Å². The largest absolute Gasteiger partial charge is 0.466 e. The van der Waals surface area contributed by atoms with Crippen molar-refractivity contribution in [3.8, 4) is 0 Å². The molecule has 1 saturated heterocycles. The van der Waals surface area contributed by atoms with E-state index in [1.807, 2.05) is 0 Å². The number of carbonyl (C=O) groups is 2. The molecule has 0 saturated carbocycles. The second-order valence-electron chi connectivity index (χ2n) is 6.47. The van der Waals surface area contributed by atoms with Gasteiger partial charge in [0.2, 0.25) is 15.9 Å². The number of rotatable bonds is 7. The third-order valence-corrected chi connectivity index (χ3v) is 6.60. The van der Waals surface area contributed by atoms with Gasteiger partial charge in [-0.15, -0.1) is 0 Å². The van der Waals surface area contributed by atoms with Gasteiger partial charge in [-0.05, 0) is 31.9 Å². The summed E-state index contributed by atoms with van der Waals surface area (Å²) in [5, 5.41) is 0. The SMILES string of the molecule is CCOC(=O)C1CCCN(C(=O)CCNS(=O)(=O)c2cccc3nsnc23)C1. The first-order valence-corrected chi connectivity index (χ1v) is 11.3. The van der Waals surface area contributed by atoms with Crippen LogP contribution in [0, 0.1) is 5.92 Å². The molecule has 1 aromatic carbocycles. The standard InChI is InChI=1S/C17H22N4O5S2/c1-2-26-17(23)12-5-4-10-21(11-12)15(22)8-9-18-28(24,25)14-7-3-6-13-16(14)20-27-19-13/h3,6-7,12,18H,2,4-5,8-11H2,1H3. The molecule has 3 rings (SSSR count). The number of carbonyl (C=O) groups excluding carboxylic acids is 2. The molecule has 2 heterocycles. The lowest BCUT2D eigenvalue weighted by molar-refractivity contribution is -0.151. The minimum atomic E-state index is -3.81. The van der Waals surface area contributed by atoms with Gasteiger partial charge in [0.1, 0.15) is 15.9 Å². The molecule has 152 valence electrons. The molecular formula is C17H22N4O5S2. The van der Waals surface area contributed by atoms with Gasteiger partial charge in [0.15, 0.2) is 0 Å². The Balaban J connectivity index is 1.56. The first kappa shape index (κ1) is 20.6. The number of sulfonamides is 1. The van der Waals surface area contributed by atoms with Crippen LogP contribution in [0.25, 0.3) is 11.0 Å². The predicted octanol–water partition coefficient (Wildman–Crippen LogP) is 1.16. The van der Waals surface area contributed by atoms with Crippen molar-refractivity contribution >= 4 is 44.7 Å². The van der Waals surface area contributed by atoms with E-state index in [1.54, 1.807) is 24.0 Å². The van der Waals surface area contributed by atoms with E-state index < -0.39 is 10.0 Å². The van der Waals surface area contributed by atoms with Crippen molar-refractivity contribution in [2.75, 3.05) is 26.2 Å². The molecule has 0 spiro atoms. The number of hydrogen-bond donors (Lipinski definition) is 1. The van der Waals surface area contributed by atoms with Crippen LogP contribution in [0.3, 0.4) is 0 Å². The summed E-state index contributed by atoms with van der Waals surface area (Å²) in [5.74, 6) is -0.792. The van der Waals surface area contributed by atoms with Crippen LogP contribution >= 0.6 is 11.7 Å². The average molecular weight is 427 g/mol. The smallest absolute Gasteiger partial charge is 0.310 e. The highest BCUT2D eigenvalue weighted by Gasteiger charge is 2.29. The first-order valence-electron chi connectivity index (χ1n) is 9.07. The number of amides is 1. The van der Waals surface area contributed by atoms with E-state index >= 15 is 0 Å². The molecular weight excluding hydrogens is 404 g/mol. The monoisotopic (exact) mass is 426 g/mol. The summed E-state index contributed by atoms with van der Waals surface area (Å²) >= 11 is 0.946. The van der Waals surface area contributed by atoms with E-state index in [1.165, 1.54) is 6.07 Å². The molecule has 1 atom stereocenters. The number of esters is 1. The maximum Gasteiger partial charge on any atom is 0.310 e. The molecule has 0 radical (unpaired) electrons. The molecule has 28 heavy (non-hydrogen) atoms. The number of nitrogens with zero attached hydrogens (tertiary/aromatic N) is 3. The first-order chi connectivity index (χ1) is 13.4. The van der Waals surface area contributed by atoms with Crippen molar-refractivity contribution < 1.29 is 22.7 Å². The van der Waals surface area contributed by atoms with Gasteiger partial charge >= 0.3 is 5.97 Å². The lowest BCUT2D eigenvalue weighted by atomic mass is 9.98. The number of hydrogen-bond acceptors (Lipinski definition) is 8. The molecule has 11 heteroatoms. The number of benzene rings is 1. The average Bonchev–Trinajstić information content (AvgIpc) is 3.16. The van der Waals surface area contributed by atoms with Gasteiger partial charge in [-0.25, -0.2) is 13.1 Å². The zero-order valence-corrected chi connectivity index (χ0v) is 17.1. The van der Waals surface area contributed by atoms with Crippen LogP contribution in [0.5, 0.6) is 0 Å². The van der Waals surface area contributed by atoms with E-state index in [-0.39, 0.29) is 35.7 Å². The Labute approximate surface area is 167 Å². The van der Waals surface area contributed by atoms with Crippen LogP contribution in [0.1, 0.15) is 26.2 Å². The zero-order chi connectivity index (χ0) is 20.1. The van der Waals surface area contributed by atoms with Crippen LogP contribution in [0.2, 0.25) is 0 Å². The highest BCUT2D eigenvalue weighted by Crippen LogP contribution is 2.21. The summed E-state index contributed by atoms with van der Waals surface area (Å²) in [6, 6.07) is 4.76. The number of nitrogens with one attached hydrogen (secondary N) is 1. The molecule has 1 unspecified atom stereocenters. The summed E-state index contributed by atoms with van der Waals surface area (Å²) in [6.45, 7) is 2.90. The van der Waals surface area contributed by atoms with Crippen LogP contribution < -0.4 is 4.72 Å². The van der Waals surface area contributed by atoms with Gasteiger partial charge in [0, 0.05) is 26.1 Å². The minimum absolute atomic E-state index is 0.0140.